The van der Waals surface area contributed by atoms with Crippen molar-refractivity contribution in [1.29, 1.82) is 0 Å². The van der Waals surface area contributed by atoms with E-state index < -0.39 is 5.97 Å². The van der Waals surface area contributed by atoms with Gasteiger partial charge in [-0.3, -0.25) is 4.98 Å². The molecule has 0 aliphatic heterocycles. The van der Waals surface area contributed by atoms with Crippen molar-refractivity contribution >= 4 is 16.9 Å². The van der Waals surface area contributed by atoms with Crippen molar-refractivity contribution in [2.75, 3.05) is 0 Å². The second-order valence-corrected chi connectivity index (χ2v) is 4.92. The summed E-state index contributed by atoms with van der Waals surface area (Å²) in [5.41, 5.74) is 4.14. The Kier molecular flexibility index (Phi) is 3.65. The quantitative estimate of drug-likeness (QED) is 0.850. The molecule has 3 heteroatoms. The van der Waals surface area contributed by atoms with Crippen molar-refractivity contribution in [3.8, 4) is 0 Å². The van der Waals surface area contributed by atoms with E-state index in [-0.39, 0.29) is 0 Å². The van der Waals surface area contributed by atoms with Crippen molar-refractivity contribution in [3.05, 3.63) is 52.7 Å². The number of aryl methyl sites for hydroxylation is 1. The number of allylic oxidation sites excluding steroid dienone is 2. The molecule has 0 aliphatic carbocycles. The van der Waals surface area contributed by atoms with E-state index in [1.54, 1.807) is 6.07 Å². The molecule has 1 aromatic heterocycles. The Morgan fingerprint density at radius 2 is 2.11 bits per heavy atom. The molecule has 0 bridgehead atoms. The van der Waals surface area contributed by atoms with Crippen LogP contribution in [-0.2, 0) is 6.42 Å². The molecule has 0 radical (unpaired) electrons. The lowest BCUT2D eigenvalue weighted by Gasteiger charge is -2.08. The molecule has 19 heavy (non-hydrogen) atoms. The van der Waals surface area contributed by atoms with Gasteiger partial charge >= 0.3 is 5.97 Å². The number of carboxylic acids is 1. The Labute approximate surface area is 112 Å². The minimum atomic E-state index is -0.908. The van der Waals surface area contributed by atoms with Crippen LogP contribution in [0.4, 0.5) is 0 Å². The van der Waals surface area contributed by atoms with Crippen LogP contribution in [0.1, 0.15) is 35.5 Å². The molecule has 98 valence electrons. The highest BCUT2D eigenvalue weighted by atomic mass is 16.4. The molecule has 2 aromatic rings. The summed E-state index contributed by atoms with van der Waals surface area (Å²) in [6.45, 7) is 5.92. The third kappa shape index (κ3) is 2.81. The average molecular weight is 255 g/mol. The number of carboxylic acid groups (broad SMARTS) is 1. The highest BCUT2D eigenvalue weighted by Crippen LogP contribution is 2.22. The summed E-state index contributed by atoms with van der Waals surface area (Å²) >= 11 is 0. The number of rotatable bonds is 3. The maximum absolute atomic E-state index is 11.3. The molecule has 0 aliphatic rings. The number of para-hydroxylation sites is 1. The van der Waals surface area contributed by atoms with Crippen molar-refractivity contribution in [1.82, 2.24) is 4.98 Å². The van der Waals surface area contributed by atoms with Crippen LogP contribution < -0.4 is 0 Å². The molecule has 1 N–H and O–H groups in total. The zero-order valence-corrected chi connectivity index (χ0v) is 11.4. The maximum Gasteiger partial charge on any atom is 0.336 e. The standard InChI is InChI=1S/C16H17NO2/c1-10(2)7-8-12-5-4-6-13-14(16(18)19)9-11(3)17-15(12)13/h4-7,9H,8H2,1-3H3,(H,18,19). The molecular formula is C16H17NO2. The van der Waals surface area contributed by atoms with Gasteiger partial charge in [-0.2, -0.15) is 0 Å². The summed E-state index contributed by atoms with van der Waals surface area (Å²) in [6, 6.07) is 7.33. The molecule has 0 amide bonds. The molecule has 0 atom stereocenters. The van der Waals surface area contributed by atoms with Gasteiger partial charge in [0.15, 0.2) is 0 Å². The van der Waals surface area contributed by atoms with Crippen molar-refractivity contribution in [2.45, 2.75) is 27.2 Å². The first kappa shape index (κ1) is 13.3. The molecule has 0 fully saturated rings. The van der Waals surface area contributed by atoms with Gasteiger partial charge in [-0.05, 0) is 38.8 Å². The number of aromatic nitrogens is 1. The van der Waals surface area contributed by atoms with Gasteiger partial charge in [-0.25, -0.2) is 4.79 Å². The van der Waals surface area contributed by atoms with Gasteiger partial charge in [0, 0.05) is 11.1 Å². The van der Waals surface area contributed by atoms with Crippen LogP contribution in [0.15, 0.2) is 35.9 Å². The number of aromatic carboxylic acids is 1. The first-order chi connectivity index (χ1) is 8.99. The topological polar surface area (TPSA) is 50.2 Å². The first-order valence-electron chi connectivity index (χ1n) is 6.25. The number of carbonyl (C=O) groups is 1. The van der Waals surface area contributed by atoms with Gasteiger partial charge < -0.3 is 5.11 Å². The van der Waals surface area contributed by atoms with Crippen LogP contribution >= 0.6 is 0 Å². The number of hydrogen-bond acceptors (Lipinski definition) is 2. The minimum Gasteiger partial charge on any atom is -0.478 e. The largest absolute Gasteiger partial charge is 0.478 e. The summed E-state index contributed by atoms with van der Waals surface area (Å²) in [4.78, 5) is 15.8. The fourth-order valence-electron chi connectivity index (χ4n) is 2.09. The molecule has 3 nitrogen and oxygen atoms in total. The second-order valence-electron chi connectivity index (χ2n) is 4.92. The SMILES string of the molecule is CC(C)=CCc1cccc2c(C(=O)O)cc(C)nc12. The zero-order valence-electron chi connectivity index (χ0n) is 11.4. The summed E-state index contributed by atoms with van der Waals surface area (Å²) in [7, 11) is 0. The number of fused-ring (bicyclic) bond motifs is 1. The third-order valence-electron chi connectivity index (χ3n) is 3.01. The van der Waals surface area contributed by atoms with Gasteiger partial charge in [0.25, 0.3) is 0 Å². The maximum atomic E-state index is 11.3. The van der Waals surface area contributed by atoms with E-state index in [0.717, 1.165) is 23.2 Å². The number of hydrogen-bond donors (Lipinski definition) is 1. The van der Waals surface area contributed by atoms with Crippen LogP contribution in [-0.4, -0.2) is 16.1 Å². The predicted octanol–water partition coefficient (Wildman–Crippen LogP) is 3.75. The molecule has 0 saturated heterocycles. The third-order valence-corrected chi connectivity index (χ3v) is 3.01. The fourth-order valence-corrected chi connectivity index (χ4v) is 2.09. The molecule has 0 spiro atoms. The summed E-state index contributed by atoms with van der Waals surface area (Å²) in [5.74, 6) is -0.908. The summed E-state index contributed by atoms with van der Waals surface area (Å²) in [6.07, 6.45) is 2.90. The van der Waals surface area contributed by atoms with Gasteiger partial charge in [0.05, 0.1) is 11.1 Å². The lowest BCUT2D eigenvalue weighted by atomic mass is 10.0. The van der Waals surface area contributed by atoms with Crippen molar-refractivity contribution < 1.29 is 9.90 Å². The minimum absolute atomic E-state index is 0.321. The van der Waals surface area contributed by atoms with Crippen LogP contribution in [0.5, 0.6) is 0 Å². The number of pyridine rings is 1. The van der Waals surface area contributed by atoms with Crippen LogP contribution in [0.3, 0.4) is 0 Å². The molecule has 1 aromatic carbocycles. The zero-order chi connectivity index (χ0) is 14.0. The van der Waals surface area contributed by atoms with E-state index in [1.807, 2.05) is 39.0 Å². The molecular weight excluding hydrogens is 238 g/mol. The Bertz CT molecular complexity index is 668. The van der Waals surface area contributed by atoms with Crippen LogP contribution in [0.25, 0.3) is 10.9 Å². The summed E-state index contributed by atoms with van der Waals surface area (Å²) < 4.78 is 0. The average Bonchev–Trinajstić information content (AvgIpc) is 2.35. The van der Waals surface area contributed by atoms with E-state index in [0.29, 0.717) is 10.9 Å². The monoisotopic (exact) mass is 255 g/mol. The summed E-state index contributed by atoms with van der Waals surface area (Å²) in [5, 5.41) is 9.98. The van der Waals surface area contributed by atoms with Gasteiger partial charge in [0.2, 0.25) is 0 Å². The first-order valence-corrected chi connectivity index (χ1v) is 6.25. The van der Waals surface area contributed by atoms with E-state index in [9.17, 15) is 9.90 Å². The highest BCUT2D eigenvalue weighted by molar-refractivity contribution is 6.03. The molecule has 0 unspecified atom stereocenters. The Balaban J connectivity index is 2.68. The van der Waals surface area contributed by atoms with Crippen LogP contribution in [0.2, 0.25) is 0 Å². The molecule has 1 heterocycles. The van der Waals surface area contributed by atoms with Gasteiger partial charge in [-0.15, -0.1) is 0 Å². The Hall–Kier alpha value is -2.16. The van der Waals surface area contributed by atoms with Gasteiger partial charge in [-0.1, -0.05) is 29.8 Å². The second kappa shape index (κ2) is 5.22. The van der Waals surface area contributed by atoms with Crippen LogP contribution in [0, 0.1) is 6.92 Å². The number of benzene rings is 1. The van der Waals surface area contributed by atoms with E-state index in [1.165, 1.54) is 5.57 Å². The Morgan fingerprint density at radius 1 is 1.37 bits per heavy atom. The fraction of sp³-hybridized carbons (Fsp3) is 0.250. The van der Waals surface area contributed by atoms with Gasteiger partial charge in [0.1, 0.15) is 0 Å². The Morgan fingerprint density at radius 3 is 2.74 bits per heavy atom. The molecule has 2 rings (SSSR count). The van der Waals surface area contributed by atoms with E-state index in [4.69, 9.17) is 0 Å². The molecule has 0 saturated carbocycles. The van der Waals surface area contributed by atoms with E-state index >= 15 is 0 Å². The van der Waals surface area contributed by atoms with E-state index in [2.05, 4.69) is 11.1 Å². The highest BCUT2D eigenvalue weighted by Gasteiger charge is 2.12. The lowest BCUT2D eigenvalue weighted by molar-refractivity contribution is 0.0699. The van der Waals surface area contributed by atoms with Crippen molar-refractivity contribution in [2.24, 2.45) is 0 Å². The predicted molar refractivity (Wildman–Crippen MR) is 76.6 cm³/mol. The number of nitrogens with zero attached hydrogens (tertiary/aromatic N) is 1. The van der Waals surface area contributed by atoms with Crippen molar-refractivity contribution in [3.63, 3.8) is 0 Å². The smallest absolute Gasteiger partial charge is 0.336 e. The lowest BCUT2D eigenvalue weighted by Crippen LogP contribution is -2.01. The normalized spacial score (nSPS) is 10.5.